The maximum atomic E-state index is 12.8. The van der Waals surface area contributed by atoms with Crippen molar-refractivity contribution in [2.24, 2.45) is 0 Å². The number of ether oxygens (including phenoxy) is 2. The minimum atomic E-state index is -3.59. The Labute approximate surface area is 190 Å². The molecule has 0 unspecified atom stereocenters. The number of rotatable bonds is 7. The molecule has 0 aliphatic carbocycles. The molecule has 3 rings (SSSR count). The molecule has 0 saturated carbocycles. The summed E-state index contributed by atoms with van der Waals surface area (Å²) in [4.78, 5) is 13.0. The van der Waals surface area contributed by atoms with Crippen molar-refractivity contribution in [3.63, 3.8) is 0 Å². The largest absolute Gasteiger partial charge is 0.496 e. The van der Waals surface area contributed by atoms with Crippen LogP contribution in [-0.2, 0) is 14.8 Å². The highest BCUT2D eigenvalue weighted by molar-refractivity contribution is 7.89. The molecule has 7 nitrogen and oxygen atoms in total. The summed E-state index contributed by atoms with van der Waals surface area (Å²) >= 11 is 0. The van der Waals surface area contributed by atoms with Crippen LogP contribution in [-0.4, -0.2) is 52.0 Å². The van der Waals surface area contributed by atoms with Gasteiger partial charge in [-0.2, -0.15) is 4.31 Å². The highest BCUT2D eigenvalue weighted by Crippen LogP contribution is 2.32. The topological polar surface area (TPSA) is 84.9 Å². The summed E-state index contributed by atoms with van der Waals surface area (Å²) in [7, 11) is -1.92. The number of amides is 1. The number of hydrogen-bond donors (Lipinski definition) is 1. The molecule has 2 aromatic carbocycles. The van der Waals surface area contributed by atoms with Crippen molar-refractivity contribution >= 4 is 15.9 Å². The summed E-state index contributed by atoms with van der Waals surface area (Å²) in [5.41, 5.74) is 3.56. The number of nitrogens with zero attached hydrogens (tertiary/aromatic N) is 1. The van der Waals surface area contributed by atoms with E-state index in [0.29, 0.717) is 31.9 Å². The highest BCUT2D eigenvalue weighted by atomic mass is 32.2. The number of morpholine rings is 1. The Bertz CT molecular complexity index is 1060. The lowest BCUT2D eigenvalue weighted by molar-refractivity contribution is 0.0730. The summed E-state index contributed by atoms with van der Waals surface area (Å²) in [5, 5.41) is 3.02. The fraction of sp³-hybridized carbons (Fsp3) is 0.458. The highest BCUT2D eigenvalue weighted by Gasteiger charge is 2.26. The third-order valence-corrected chi connectivity index (χ3v) is 7.69. The van der Waals surface area contributed by atoms with Crippen LogP contribution in [0, 0.1) is 6.92 Å². The Morgan fingerprint density at radius 1 is 1.06 bits per heavy atom. The molecular weight excluding hydrogens is 428 g/mol. The Hall–Kier alpha value is -2.42. The second kappa shape index (κ2) is 10.0. The summed E-state index contributed by atoms with van der Waals surface area (Å²) in [6.45, 7) is 9.59. The lowest BCUT2D eigenvalue weighted by Crippen LogP contribution is -2.40. The molecule has 2 aromatic rings. The second-order valence-corrected chi connectivity index (χ2v) is 10.3. The van der Waals surface area contributed by atoms with Crippen molar-refractivity contribution < 1.29 is 22.7 Å². The average molecular weight is 461 g/mol. The molecule has 1 amide bonds. The smallest absolute Gasteiger partial charge is 0.251 e. The number of sulfonamides is 1. The van der Waals surface area contributed by atoms with Crippen molar-refractivity contribution in [1.82, 2.24) is 9.62 Å². The molecule has 1 fully saturated rings. The van der Waals surface area contributed by atoms with Gasteiger partial charge in [0.2, 0.25) is 10.0 Å². The third kappa shape index (κ3) is 5.14. The first-order chi connectivity index (χ1) is 15.1. The molecule has 1 N–H and O–H groups in total. The summed E-state index contributed by atoms with van der Waals surface area (Å²) < 4.78 is 37.7. The Morgan fingerprint density at radius 3 is 2.25 bits per heavy atom. The number of methoxy groups -OCH3 is 1. The normalized spacial score (nSPS) is 16.1. The zero-order chi connectivity index (χ0) is 23.5. The molecule has 32 heavy (non-hydrogen) atoms. The summed E-state index contributed by atoms with van der Waals surface area (Å²) in [5.74, 6) is 0.874. The Balaban J connectivity index is 1.75. The Kier molecular flexibility index (Phi) is 7.59. The molecule has 1 aliphatic heterocycles. The van der Waals surface area contributed by atoms with Gasteiger partial charge in [0.15, 0.2) is 0 Å². The SMILES string of the molecule is COc1cc(C)c([C@H](C)NC(=O)c2ccc(S(=O)(=O)N3CCOCC3)cc2)cc1C(C)C. The van der Waals surface area contributed by atoms with Crippen LogP contribution in [0.15, 0.2) is 41.3 Å². The fourth-order valence-electron chi connectivity index (χ4n) is 3.88. The van der Waals surface area contributed by atoms with Gasteiger partial charge in [-0.1, -0.05) is 13.8 Å². The average Bonchev–Trinajstić information content (AvgIpc) is 2.79. The van der Waals surface area contributed by atoms with Gasteiger partial charge in [-0.25, -0.2) is 8.42 Å². The monoisotopic (exact) mass is 460 g/mol. The van der Waals surface area contributed by atoms with Crippen LogP contribution in [0.25, 0.3) is 0 Å². The first-order valence-corrected chi connectivity index (χ1v) is 12.3. The first-order valence-electron chi connectivity index (χ1n) is 10.8. The van der Waals surface area contributed by atoms with Gasteiger partial charge >= 0.3 is 0 Å². The van der Waals surface area contributed by atoms with Gasteiger partial charge in [0.1, 0.15) is 5.75 Å². The second-order valence-electron chi connectivity index (χ2n) is 8.34. The number of carbonyl (C=O) groups excluding carboxylic acids is 1. The van der Waals surface area contributed by atoms with E-state index in [1.165, 1.54) is 16.4 Å². The molecule has 1 saturated heterocycles. The van der Waals surface area contributed by atoms with Gasteiger partial charge < -0.3 is 14.8 Å². The van der Waals surface area contributed by atoms with Crippen molar-refractivity contribution in [2.75, 3.05) is 33.4 Å². The molecule has 0 aromatic heterocycles. The van der Waals surface area contributed by atoms with Crippen molar-refractivity contribution in [1.29, 1.82) is 0 Å². The maximum absolute atomic E-state index is 12.8. The van der Waals surface area contributed by atoms with Crippen LogP contribution in [0.4, 0.5) is 0 Å². The number of hydrogen-bond acceptors (Lipinski definition) is 5. The van der Waals surface area contributed by atoms with E-state index < -0.39 is 10.0 Å². The fourth-order valence-corrected chi connectivity index (χ4v) is 5.29. The van der Waals surface area contributed by atoms with Crippen LogP contribution in [0.1, 0.15) is 59.8 Å². The van der Waals surface area contributed by atoms with Crippen molar-refractivity contribution in [3.8, 4) is 5.75 Å². The van der Waals surface area contributed by atoms with Crippen molar-refractivity contribution in [3.05, 3.63) is 58.7 Å². The third-order valence-electron chi connectivity index (χ3n) is 5.78. The molecule has 8 heteroatoms. The Morgan fingerprint density at radius 2 is 1.69 bits per heavy atom. The number of nitrogens with one attached hydrogen (secondary N) is 1. The van der Waals surface area contributed by atoms with Crippen LogP contribution < -0.4 is 10.1 Å². The first kappa shape index (κ1) is 24.2. The lowest BCUT2D eigenvalue weighted by Gasteiger charge is -2.26. The molecule has 0 radical (unpaired) electrons. The van der Waals surface area contributed by atoms with Crippen LogP contribution in [0.5, 0.6) is 5.75 Å². The molecule has 1 heterocycles. The minimum absolute atomic E-state index is 0.177. The van der Waals surface area contributed by atoms with Gasteiger partial charge in [0, 0.05) is 18.7 Å². The van der Waals surface area contributed by atoms with Gasteiger partial charge in [-0.3, -0.25) is 4.79 Å². The van der Waals surface area contributed by atoms with E-state index in [-0.39, 0.29) is 22.8 Å². The quantitative estimate of drug-likeness (QED) is 0.682. The van der Waals surface area contributed by atoms with Crippen LogP contribution >= 0.6 is 0 Å². The lowest BCUT2D eigenvalue weighted by atomic mass is 9.93. The molecule has 0 bridgehead atoms. The molecule has 1 aliphatic rings. The van der Waals surface area contributed by atoms with Gasteiger partial charge in [-0.05, 0) is 72.9 Å². The summed E-state index contributed by atoms with van der Waals surface area (Å²) in [6.07, 6.45) is 0. The van der Waals surface area contributed by atoms with Crippen molar-refractivity contribution in [2.45, 2.75) is 44.6 Å². The molecule has 0 spiro atoms. The van der Waals surface area contributed by atoms with Gasteiger partial charge in [0.05, 0.1) is 31.3 Å². The number of benzene rings is 2. The van der Waals surface area contributed by atoms with Crippen LogP contribution in [0.3, 0.4) is 0 Å². The zero-order valence-electron chi connectivity index (χ0n) is 19.3. The number of carbonyl (C=O) groups is 1. The van der Waals surface area contributed by atoms with E-state index in [2.05, 4.69) is 25.2 Å². The van der Waals surface area contributed by atoms with Gasteiger partial charge in [-0.15, -0.1) is 0 Å². The maximum Gasteiger partial charge on any atom is 0.251 e. The standard InChI is InChI=1S/C24H32N2O5S/c1-16(2)21-15-22(17(3)14-23(21)30-5)18(4)25-24(27)19-6-8-20(9-7-19)32(28,29)26-10-12-31-13-11-26/h6-9,14-16,18H,10-13H2,1-5H3,(H,25,27)/t18-/m0/s1. The van der Waals surface area contributed by atoms with Gasteiger partial charge in [0.25, 0.3) is 5.91 Å². The van der Waals surface area contributed by atoms with E-state index in [0.717, 1.165) is 22.4 Å². The molecular formula is C24H32N2O5S. The molecule has 1 atom stereocenters. The van der Waals surface area contributed by atoms with E-state index in [4.69, 9.17) is 9.47 Å². The van der Waals surface area contributed by atoms with E-state index in [9.17, 15) is 13.2 Å². The minimum Gasteiger partial charge on any atom is -0.496 e. The van der Waals surface area contributed by atoms with Crippen LogP contribution in [0.2, 0.25) is 0 Å². The molecule has 174 valence electrons. The summed E-state index contributed by atoms with van der Waals surface area (Å²) in [6, 6.07) is 9.94. The van der Waals surface area contributed by atoms with E-state index in [1.54, 1.807) is 19.2 Å². The van der Waals surface area contributed by atoms with E-state index in [1.807, 2.05) is 19.9 Å². The number of aryl methyl sites for hydroxylation is 1. The predicted octanol–water partition coefficient (Wildman–Crippen LogP) is 3.64. The zero-order valence-corrected chi connectivity index (χ0v) is 20.2. The predicted molar refractivity (Wildman–Crippen MR) is 124 cm³/mol. The van der Waals surface area contributed by atoms with E-state index >= 15 is 0 Å².